The molecule has 96 valence electrons. The predicted octanol–water partition coefficient (Wildman–Crippen LogP) is 3.18. The van der Waals surface area contributed by atoms with Gasteiger partial charge in [0.1, 0.15) is 5.75 Å². The van der Waals surface area contributed by atoms with Crippen molar-refractivity contribution in [2.45, 2.75) is 20.0 Å². The van der Waals surface area contributed by atoms with Crippen molar-refractivity contribution in [3.63, 3.8) is 0 Å². The Morgan fingerprint density at radius 1 is 1.44 bits per heavy atom. The van der Waals surface area contributed by atoms with E-state index in [1.54, 1.807) is 6.92 Å². The maximum atomic E-state index is 12.7. The maximum absolute atomic E-state index is 12.7. The van der Waals surface area contributed by atoms with Crippen molar-refractivity contribution in [3.05, 3.63) is 28.8 Å². The summed E-state index contributed by atoms with van der Waals surface area (Å²) in [5.41, 5.74) is -1.71. The minimum atomic E-state index is -4.66. The summed E-state index contributed by atoms with van der Waals surface area (Å²) in [4.78, 5) is 11.3. The number of benzene rings is 1. The number of hydrogen-bond donors (Lipinski definition) is 0. The number of carbonyl (C=O) groups is 1. The SMILES string of the molecule is CCOc1cc(C(F)(F)F)c(C#N)cc1C(C)=O. The lowest BCUT2D eigenvalue weighted by molar-refractivity contribution is -0.137. The summed E-state index contributed by atoms with van der Waals surface area (Å²) in [5.74, 6) is -0.611. The Kier molecular flexibility index (Phi) is 3.96. The fourth-order valence-corrected chi connectivity index (χ4v) is 1.46. The standard InChI is InChI=1S/C12H10F3NO2/c1-3-18-11-5-10(12(13,14)15)8(6-16)4-9(11)7(2)17/h4-5H,3H2,1-2H3. The first kappa shape index (κ1) is 14.0. The van der Waals surface area contributed by atoms with Crippen LogP contribution in [0.2, 0.25) is 0 Å². The van der Waals surface area contributed by atoms with Gasteiger partial charge in [-0.1, -0.05) is 0 Å². The molecular weight excluding hydrogens is 247 g/mol. The van der Waals surface area contributed by atoms with Crippen molar-refractivity contribution in [2.24, 2.45) is 0 Å². The molecule has 6 heteroatoms. The molecule has 18 heavy (non-hydrogen) atoms. The number of carbonyl (C=O) groups excluding carboxylic acids is 1. The number of rotatable bonds is 3. The molecule has 0 aliphatic heterocycles. The second kappa shape index (κ2) is 5.08. The molecule has 0 aromatic heterocycles. The van der Waals surface area contributed by atoms with Crippen molar-refractivity contribution in [3.8, 4) is 11.8 Å². The number of ketones is 1. The first-order valence-corrected chi connectivity index (χ1v) is 5.10. The molecule has 0 heterocycles. The number of halogens is 3. The Balaban J connectivity index is 3.53. The van der Waals surface area contributed by atoms with Gasteiger partial charge in [0.05, 0.1) is 29.4 Å². The van der Waals surface area contributed by atoms with Gasteiger partial charge in [-0.2, -0.15) is 18.4 Å². The van der Waals surface area contributed by atoms with E-state index >= 15 is 0 Å². The van der Waals surface area contributed by atoms with Crippen LogP contribution >= 0.6 is 0 Å². The van der Waals surface area contributed by atoms with Crippen LogP contribution in [-0.4, -0.2) is 12.4 Å². The Bertz CT molecular complexity index is 515. The van der Waals surface area contributed by atoms with Gasteiger partial charge < -0.3 is 4.74 Å². The van der Waals surface area contributed by atoms with Gasteiger partial charge in [-0.25, -0.2) is 0 Å². The van der Waals surface area contributed by atoms with Gasteiger partial charge in [0.2, 0.25) is 0 Å². The summed E-state index contributed by atoms with van der Waals surface area (Å²) >= 11 is 0. The second-order valence-electron chi connectivity index (χ2n) is 3.49. The molecule has 1 rings (SSSR count). The first-order valence-electron chi connectivity index (χ1n) is 5.10. The number of Topliss-reactive ketones (excluding diaryl/α,β-unsaturated/α-hetero) is 1. The number of hydrogen-bond acceptors (Lipinski definition) is 3. The number of alkyl halides is 3. The second-order valence-corrected chi connectivity index (χ2v) is 3.49. The average Bonchev–Trinajstić information content (AvgIpc) is 2.27. The van der Waals surface area contributed by atoms with E-state index in [9.17, 15) is 18.0 Å². The van der Waals surface area contributed by atoms with Gasteiger partial charge in [-0.15, -0.1) is 0 Å². The molecule has 0 N–H and O–H groups in total. The summed E-state index contributed by atoms with van der Waals surface area (Å²) in [7, 11) is 0. The maximum Gasteiger partial charge on any atom is 0.417 e. The smallest absolute Gasteiger partial charge is 0.417 e. The number of ether oxygens (including phenoxy) is 1. The Morgan fingerprint density at radius 2 is 2.06 bits per heavy atom. The normalized spacial score (nSPS) is 10.9. The highest BCUT2D eigenvalue weighted by Gasteiger charge is 2.35. The van der Waals surface area contributed by atoms with Crippen LogP contribution in [0.25, 0.3) is 0 Å². The van der Waals surface area contributed by atoms with Crippen molar-refractivity contribution in [2.75, 3.05) is 6.61 Å². The molecule has 0 atom stereocenters. The molecule has 0 saturated heterocycles. The Hall–Kier alpha value is -2.03. The van der Waals surface area contributed by atoms with Crippen LogP contribution in [-0.2, 0) is 6.18 Å². The third kappa shape index (κ3) is 2.80. The molecular formula is C12H10F3NO2. The molecule has 0 unspecified atom stereocenters. The van der Waals surface area contributed by atoms with Crippen LogP contribution in [0.4, 0.5) is 13.2 Å². The molecule has 0 aliphatic carbocycles. The van der Waals surface area contributed by atoms with Crippen molar-refractivity contribution in [1.82, 2.24) is 0 Å². The zero-order valence-electron chi connectivity index (χ0n) is 9.76. The molecule has 0 saturated carbocycles. The summed E-state index contributed by atoms with van der Waals surface area (Å²) in [6.07, 6.45) is -4.66. The summed E-state index contributed by atoms with van der Waals surface area (Å²) in [6.45, 7) is 2.92. The number of nitriles is 1. The Morgan fingerprint density at radius 3 is 2.44 bits per heavy atom. The first-order chi connectivity index (χ1) is 8.31. The summed E-state index contributed by atoms with van der Waals surface area (Å²) in [5, 5.41) is 8.71. The minimum Gasteiger partial charge on any atom is -0.493 e. The molecule has 0 bridgehead atoms. The van der Waals surface area contributed by atoms with Gasteiger partial charge >= 0.3 is 6.18 Å². The molecule has 0 radical (unpaired) electrons. The summed E-state index contributed by atoms with van der Waals surface area (Å²) in [6, 6.07) is 3.05. The van der Waals surface area contributed by atoms with Gasteiger partial charge in [0.25, 0.3) is 0 Å². The van der Waals surface area contributed by atoms with E-state index in [4.69, 9.17) is 10.00 Å². The van der Waals surface area contributed by atoms with Gasteiger partial charge in [0, 0.05) is 0 Å². The molecule has 3 nitrogen and oxygen atoms in total. The van der Waals surface area contributed by atoms with E-state index in [0.717, 1.165) is 6.07 Å². The zero-order valence-corrected chi connectivity index (χ0v) is 9.76. The van der Waals surface area contributed by atoms with Crippen LogP contribution in [0.5, 0.6) is 5.75 Å². The van der Waals surface area contributed by atoms with Gasteiger partial charge in [-0.3, -0.25) is 4.79 Å². The monoisotopic (exact) mass is 257 g/mol. The quantitative estimate of drug-likeness (QED) is 0.781. The van der Waals surface area contributed by atoms with Crippen LogP contribution in [0.15, 0.2) is 12.1 Å². The third-order valence-electron chi connectivity index (χ3n) is 2.22. The number of nitrogens with zero attached hydrogens (tertiary/aromatic N) is 1. The molecule has 0 spiro atoms. The molecule has 1 aromatic carbocycles. The van der Waals surface area contributed by atoms with Crippen LogP contribution in [0.1, 0.15) is 35.3 Å². The van der Waals surface area contributed by atoms with E-state index < -0.39 is 23.1 Å². The zero-order chi connectivity index (χ0) is 13.9. The fraction of sp³-hybridized carbons (Fsp3) is 0.333. The van der Waals surface area contributed by atoms with E-state index in [0.29, 0.717) is 6.07 Å². The van der Waals surface area contributed by atoms with Gasteiger partial charge in [0.15, 0.2) is 5.78 Å². The van der Waals surface area contributed by atoms with E-state index in [1.807, 2.05) is 0 Å². The highest BCUT2D eigenvalue weighted by Crippen LogP contribution is 2.36. The third-order valence-corrected chi connectivity index (χ3v) is 2.22. The lowest BCUT2D eigenvalue weighted by Crippen LogP contribution is -2.11. The molecule has 0 amide bonds. The van der Waals surface area contributed by atoms with Crippen LogP contribution in [0.3, 0.4) is 0 Å². The minimum absolute atomic E-state index is 0.0265. The van der Waals surface area contributed by atoms with Crippen LogP contribution in [0, 0.1) is 11.3 Å². The summed E-state index contributed by atoms with van der Waals surface area (Å²) < 4.78 is 43.1. The van der Waals surface area contributed by atoms with Crippen molar-refractivity contribution >= 4 is 5.78 Å². The highest BCUT2D eigenvalue weighted by atomic mass is 19.4. The van der Waals surface area contributed by atoms with Crippen molar-refractivity contribution < 1.29 is 22.7 Å². The topological polar surface area (TPSA) is 50.1 Å². The molecule has 1 aromatic rings. The van der Waals surface area contributed by atoms with Crippen LogP contribution < -0.4 is 4.74 Å². The van der Waals surface area contributed by atoms with E-state index in [-0.39, 0.29) is 17.9 Å². The largest absolute Gasteiger partial charge is 0.493 e. The molecule has 0 aliphatic rings. The highest BCUT2D eigenvalue weighted by molar-refractivity contribution is 5.97. The Labute approximate surface area is 102 Å². The lowest BCUT2D eigenvalue weighted by atomic mass is 10.0. The van der Waals surface area contributed by atoms with E-state index in [2.05, 4.69) is 0 Å². The van der Waals surface area contributed by atoms with Crippen molar-refractivity contribution in [1.29, 1.82) is 5.26 Å². The predicted molar refractivity (Wildman–Crippen MR) is 57.3 cm³/mol. The van der Waals surface area contributed by atoms with E-state index in [1.165, 1.54) is 13.0 Å². The van der Waals surface area contributed by atoms with Gasteiger partial charge in [-0.05, 0) is 26.0 Å². The molecule has 0 fully saturated rings. The average molecular weight is 257 g/mol. The fourth-order valence-electron chi connectivity index (χ4n) is 1.46. The lowest BCUT2D eigenvalue weighted by Gasteiger charge is -2.14.